The molecule has 140 valence electrons. The maximum atomic E-state index is 12.8. The van der Waals surface area contributed by atoms with Gasteiger partial charge in [-0.2, -0.15) is 0 Å². The van der Waals surface area contributed by atoms with Gasteiger partial charge in [0.1, 0.15) is 5.70 Å². The summed E-state index contributed by atoms with van der Waals surface area (Å²) in [5.41, 5.74) is 3.02. The Kier molecular flexibility index (Phi) is 6.54. The highest BCUT2D eigenvalue weighted by molar-refractivity contribution is 14.1. The lowest BCUT2D eigenvalue weighted by Crippen LogP contribution is -2.30. The molecule has 0 aliphatic carbocycles. The molecule has 1 heterocycles. The molecule has 28 heavy (non-hydrogen) atoms. The van der Waals surface area contributed by atoms with Crippen LogP contribution in [0.15, 0.2) is 78.8 Å². The van der Waals surface area contributed by atoms with Crippen molar-refractivity contribution < 1.29 is 9.59 Å². The van der Waals surface area contributed by atoms with Gasteiger partial charge >= 0.3 is 0 Å². The largest absolute Gasteiger partial charge is 0.321 e. The number of hydrogen-bond donors (Lipinski definition) is 2. The number of carbonyl (C=O) groups is 2. The summed E-state index contributed by atoms with van der Waals surface area (Å²) in [7, 11) is 0. The second kappa shape index (κ2) is 9.27. The Bertz CT molecular complexity index is 998. The van der Waals surface area contributed by atoms with Crippen molar-refractivity contribution >= 4 is 46.2 Å². The maximum absolute atomic E-state index is 12.8. The van der Waals surface area contributed by atoms with Crippen molar-refractivity contribution in [3.05, 3.63) is 99.0 Å². The first kappa shape index (κ1) is 19.8. The van der Waals surface area contributed by atoms with Gasteiger partial charge in [0.05, 0.1) is 0 Å². The summed E-state index contributed by atoms with van der Waals surface area (Å²) in [6, 6.07) is 18.1. The van der Waals surface area contributed by atoms with E-state index in [9.17, 15) is 9.59 Å². The number of aryl methyl sites for hydroxylation is 1. The van der Waals surface area contributed by atoms with Gasteiger partial charge in [0, 0.05) is 27.2 Å². The molecule has 5 nitrogen and oxygen atoms in total. The number of rotatable bonds is 5. The van der Waals surface area contributed by atoms with Gasteiger partial charge in [0.2, 0.25) is 0 Å². The lowest BCUT2D eigenvalue weighted by molar-refractivity contribution is -0.113. The summed E-state index contributed by atoms with van der Waals surface area (Å²) in [6.07, 6.45) is 4.87. The molecule has 0 unspecified atom stereocenters. The van der Waals surface area contributed by atoms with E-state index in [1.54, 1.807) is 36.7 Å². The molecule has 2 aromatic carbocycles. The third kappa shape index (κ3) is 5.50. The summed E-state index contributed by atoms with van der Waals surface area (Å²) < 4.78 is 1.06. The third-order valence-corrected chi connectivity index (χ3v) is 4.62. The number of carbonyl (C=O) groups excluding carboxylic acids is 2. The van der Waals surface area contributed by atoms with Crippen molar-refractivity contribution in [1.29, 1.82) is 0 Å². The SMILES string of the molecule is Cc1ccc(C(=O)N/C(=C/c2cccnc2)C(=O)Nc2ccc(I)cc2)cc1. The standard InChI is InChI=1S/C22H18IN3O2/c1-15-4-6-17(7-5-15)21(27)26-20(13-16-3-2-12-24-14-16)22(28)25-19-10-8-18(23)9-11-19/h2-14H,1H3,(H,25,28)(H,26,27)/b20-13+. The fourth-order valence-electron chi connectivity index (χ4n) is 2.42. The van der Waals surface area contributed by atoms with Crippen LogP contribution in [0.3, 0.4) is 0 Å². The number of hydrogen-bond acceptors (Lipinski definition) is 3. The van der Waals surface area contributed by atoms with Crippen LogP contribution >= 0.6 is 22.6 Å². The molecule has 0 aliphatic rings. The van der Waals surface area contributed by atoms with E-state index in [4.69, 9.17) is 0 Å². The fraction of sp³-hybridized carbons (Fsp3) is 0.0455. The lowest BCUT2D eigenvalue weighted by Gasteiger charge is -2.11. The van der Waals surface area contributed by atoms with Gasteiger partial charge in [-0.15, -0.1) is 0 Å². The highest BCUT2D eigenvalue weighted by atomic mass is 127. The monoisotopic (exact) mass is 483 g/mol. The highest BCUT2D eigenvalue weighted by Gasteiger charge is 2.15. The molecule has 6 heteroatoms. The summed E-state index contributed by atoms with van der Waals surface area (Å²) in [6.45, 7) is 1.95. The number of halogens is 1. The van der Waals surface area contributed by atoms with Gasteiger partial charge in [0.15, 0.2) is 0 Å². The topological polar surface area (TPSA) is 71.1 Å². The van der Waals surface area contributed by atoms with Gasteiger partial charge in [-0.05, 0) is 83.6 Å². The molecule has 0 bridgehead atoms. The van der Waals surface area contributed by atoms with Gasteiger partial charge in [0.25, 0.3) is 11.8 Å². The normalized spacial score (nSPS) is 11.0. The number of benzene rings is 2. The quantitative estimate of drug-likeness (QED) is 0.418. The van der Waals surface area contributed by atoms with E-state index < -0.39 is 5.91 Å². The zero-order valence-corrected chi connectivity index (χ0v) is 17.3. The smallest absolute Gasteiger partial charge is 0.272 e. The molecule has 0 fully saturated rings. The maximum Gasteiger partial charge on any atom is 0.272 e. The van der Waals surface area contributed by atoms with Crippen molar-refractivity contribution in [3.8, 4) is 0 Å². The molecule has 2 amide bonds. The summed E-state index contributed by atoms with van der Waals surface area (Å²) in [5.74, 6) is -0.765. The molecule has 0 spiro atoms. The van der Waals surface area contributed by atoms with E-state index in [0.717, 1.165) is 9.13 Å². The zero-order valence-electron chi connectivity index (χ0n) is 15.1. The second-order valence-corrected chi connectivity index (χ2v) is 7.37. The number of amides is 2. The number of aromatic nitrogens is 1. The van der Waals surface area contributed by atoms with E-state index in [-0.39, 0.29) is 11.6 Å². The Labute approximate surface area is 177 Å². The molecule has 2 N–H and O–H groups in total. The summed E-state index contributed by atoms with van der Waals surface area (Å²) in [5, 5.41) is 5.52. The predicted molar refractivity (Wildman–Crippen MR) is 119 cm³/mol. The van der Waals surface area contributed by atoms with Crippen LogP contribution in [0, 0.1) is 10.5 Å². The van der Waals surface area contributed by atoms with Crippen LogP contribution in [0.5, 0.6) is 0 Å². The average Bonchev–Trinajstić information content (AvgIpc) is 2.70. The minimum Gasteiger partial charge on any atom is -0.321 e. The van der Waals surface area contributed by atoms with E-state index in [0.29, 0.717) is 16.8 Å². The number of nitrogens with zero attached hydrogens (tertiary/aromatic N) is 1. The number of nitrogens with one attached hydrogen (secondary N) is 2. The Hall–Kier alpha value is -3.00. The highest BCUT2D eigenvalue weighted by Crippen LogP contribution is 2.13. The van der Waals surface area contributed by atoms with E-state index in [1.165, 1.54) is 0 Å². The Morgan fingerprint density at radius 2 is 1.71 bits per heavy atom. The van der Waals surface area contributed by atoms with Crippen LogP contribution < -0.4 is 10.6 Å². The third-order valence-electron chi connectivity index (χ3n) is 3.90. The van der Waals surface area contributed by atoms with E-state index in [1.807, 2.05) is 49.4 Å². The van der Waals surface area contributed by atoms with Crippen LogP contribution in [0.4, 0.5) is 5.69 Å². The van der Waals surface area contributed by atoms with Crippen LogP contribution in [0.2, 0.25) is 0 Å². The van der Waals surface area contributed by atoms with Gasteiger partial charge in [-0.3, -0.25) is 14.6 Å². The molecule has 0 atom stereocenters. The molecular formula is C22H18IN3O2. The van der Waals surface area contributed by atoms with Crippen LogP contribution in [0.25, 0.3) is 6.08 Å². The van der Waals surface area contributed by atoms with Crippen molar-refractivity contribution in [2.24, 2.45) is 0 Å². The second-order valence-electron chi connectivity index (χ2n) is 6.13. The molecule has 1 aromatic heterocycles. The van der Waals surface area contributed by atoms with Crippen LogP contribution in [-0.2, 0) is 4.79 Å². The molecule has 0 saturated carbocycles. The lowest BCUT2D eigenvalue weighted by atomic mass is 10.1. The molecule has 0 saturated heterocycles. The van der Waals surface area contributed by atoms with Crippen molar-refractivity contribution in [1.82, 2.24) is 10.3 Å². The minimum absolute atomic E-state index is 0.136. The fourth-order valence-corrected chi connectivity index (χ4v) is 2.78. The molecule has 0 aliphatic heterocycles. The summed E-state index contributed by atoms with van der Waals surface area (Å²) >= 11 is 2.20. The van der Waals surface area contributed by atoms with Crippen LogP contribution in [0.1, 0.15) is 21.5 Å². The summed E-state index contributed by atoms with van der Waals surface area (Å²) in [4.78, 5) is 29.5. The Morgan fingerprint density at radius 1 is 1.00 bits per heavy atom. The Balaban J connectivity index is 1.85. The molecule has 3 aromatic rings. The van der Waals surface area contributed by atoms with Gasteiger partial charge in [-0.25, -0.2) is 0 Å². The number of pyridine rings is 1. The van der Waals surface area contributed by atoms with E-state index >= 15 is 0 Å². The zero-order chi connectivity index (χ0) is 19.9. The van der Waals surface area contributed by atoms with Gasteiger partial charge < -0.3 is 10.6 Å². The molecular weight excluding hydrogens is 465 g/mol. The van der Waals surface area contributed by atoms with Crippen molar-refractivity contribution in [3.63, 3.8) is 0 Å². The first-order valence-corrected chi connectivity index (χ1v) is 9.66. The predicted octanol–water partition coefficient (Wildman–Crippen LogP) is 4.40. The minimum atomic E-state index is -0.412. The number of anilines is 1. The first-order chi connectivity index (χ1) is 13.5. The van der Waals surface area contributed by atoms with Crippen molar-refractivity contribution in [2.45, 2.75) is 6.92 Å². The van der Waals surface area contributed by atoms with Crippen molar-refractivity contribution in [2.75, 3.05) is 5.32 Å². The molecule has 0 radical (unpaired) electrons. The van der Waals surface area contributed by atoms with Crippen LogP contribution in [-0.4, -0.2) is 16.8 Å². The van der Waals surface area contributed by atoms with E-state index in [2.05, 4.69) is 38.2 Å². The molecule has 3 rings (SSSR count). The average molecular weight is 483 g/mol. The Morgan fingerprint density at radius 3 is 2.36 bits per heavy atom. The first-order valence-electron chi connectivity index (χ1n) is 8.58. The van der Waals surface area contributed by atoms with Gasteiger partial charge in [-0.1, -0.05) is 23.8 Å².